The number of carbonyl (C=O) groups excluding carboxylic acids is 2. The smallest absolute Gasteiger partial charge is 0.410 e. The third-order valence-electron chi connectivity index (χ3n) is 5.29. The van der Waals surface area contributed by atoms with Crippen molar-refractivity contribution in [1.82, 2.24) is 19.8 Å². The molecule has 162 valence electrons. The number of amides is 2. The Hall–Kier alpha value is -3.35. The van der Waals surface area contributed by atoms with Gasteiger partial charge in [-0.2, -0.15) is 0 Å². The monoisotopic (exact) mass is 420 g/mol. The quantitative estimate of drug-likeness (QED) is 0.693. The van der Waals surface area contributed by atoms with Crippen molar-refractivity contribution in [2.75, 3.05) is 13.1 Å². The number of para-hydroxylation sites is 2. The Labute approximate surface area is 182 Å². The molecule has 0 spiro atoms. The first kappa shape index (κ1) is 20.9. The molecule has 1 saturated heterocycles. The van der Waals surface area contributed by atoms with Gasteiger partial charge in [-0.3, -0.25) is 9.36 Å². The van der Waals surface area contributed by atoms with Gasteiger partial charge in [-0.1, -0.05) is 12.1 Å². The van der Waals surface area contributed by atoms with Crippen LogP contribution in [0.3, 0.4) is 0 Å². The number of fused-ring (bicyclic) bond motifs is 1. The predicted molar refractivity (Wildman–Crippen MR) is 119 cm³/mol. The SMILES string of the molecule is Cc1nc2ccccc2n1-c1ccc(C(=O)N[C@H]2CCN(C(=O)OC(C)(C)C)C2)cc1. The second kappa shape index (κ2) is 8.06. The number of hydrogen-bond acceptors (Lipinski definition) is 4. The number of nitrogens with zero attached hydrogens (tertiary/aromatic N) is 3. The Morgan fingerprint density at radius 3 is 2.52 bits per heavy atom. The third-order valence-corrected chi connectivity index (χ3v) is 5.29. The summed E-state index contributed by atoms with van der Waals surface area (Å²) in [6, 6.07) is 15.4. The van der Waals surface area contributed by atoms with Gasteiger partial charge in [-0.25, -0.2) is 9.78 Å². The molecule has 7 heteroatoms. The largest absolute Gasteiger partial charge is 0.444 e. The maximum atomic E-state index is 12.7. The van der Waals surface area contributed by atoms with E-state index in [1.54, 1.807) is 4.90 Å². The zero-order chi connectivity index (χ0) is 22.2. The molecule has 0 aliphatic carbocycles. The summed E-state index contributed by atoms with van der Waals surface area (Å²) in [5.74, 6) is 0.751. The van der Waals surface area contributed by atoms with Gasteiger partial charge >= 0.3 is 6.09 Å². The van der Waals surface area contributed by atoms with Crippen LogP contribution in [0, 0.1) is 6.92 Å². The van der Waals surface area contributed by atoms with E-state index in [-0.39, 0.29) is 18.0 Å². The van der Waals surface area contributed by atoms with Crippen molar-refractivity contribution in [1.29, 1.82) is 0 Å². The minimum absolute atomic E-state index is 0.0838. The number of likely N-dealkylation sites (tertiary alicyclic amines) is 1. The highest BCUT2D eigenvalue weighted by Crippen LogP contribution is 2.22. The van der Waals surface area contributed by atoms with E-state index in [9.17, 15) is 9.59 Å². The molecule has 1 atom stereocenters. The van der Waals surface area contributed by atoms with Gasteiger partial charge in [0, 0.05) is 30.4 Å². The second-order valence-corrected chi connectivity index (χ2v) is 8.92. The van der Waals surface area contributed by atoms with E-state index in [0.29, 0.717) is 25.1 Å². The molecule has 1 aliphatic heterocycles. The summed E-state index contributed by atoms with van der Waals surface area (Å²) in [7, 11) is 0. The lowest BCUT2D eigenvalue weighted by atomic mass is 10.1. The van der Waals surface area contributed by atoms with Crippen LogP contribution in [0.15, 0.2) is 48.5 Å². The topological polar surface area (TPSA) is 76.5 Å². The first-order valence-electron chi connectivity index (χ1n) is 10.5. The molecule has 2 heterocycles. The van der Waals surface area contributed by atoms with E-state index < -0.39 is 5.60 Å². The van der Waals surface area contributed by atoms with E-state index >= 15 is 0 Å². The maximum absolute atomic E-state index is 12.7. The van der Waals surface area contributed by atoms with Gasteiger partial charge in [0.25, 0.3) is 5.91 Å². The molecule has 1 fully saturated rings. The number of nitrogens with one attached hydrogen (secondary N) is 1. The number of rotatable bonds is 3. The lowest BCUT2D eigenvalue weighted by Gasteiger charge is -2.24. The first-order valence-corrected chi connectivity index (χ1v) is 10.5. The van der Waals surface area contributed by atoms with E-state index in [4.69, 9.17) is 4.74 Å². The fourth-order valence-electron chi connectivity index (χ4n) is 3.87. The molecular formula is C24H28N4O3. The fraction of sp³-hybridized carbons (Fsp3) is 0.375. The molecular weight excluding hydrogens is 392 g/mol. The molecule has 0 bridgehead atoms. The highest BCUT2D eigenvalue weighted by Gasteiger charge is 2.30. The van der Waals surface area contributed by atoms with Crippen LogP contribution in [-0.2, 0) is 4.74 Å². The van der Waals surface area contributed by atoms with E-state index in [0.717, 1.165) is 22.5 Å². The maximum Gasteiger partial charge on any atom is 0.410 e. The van der Waals surface area contributed by atoms with Crippen molar-refractivity contribution in [3.8, 4) is 5.69 Å². The summed E-state index contributed by atoms with van der Waals surface area (Å²) in [5, 5.41) is 3.03. The average Bonchev–Trinajstić information content (AvgIpc) is 3.30. The van der Waals surface area contributed by atoms with Crippen LogP contribution in [-0.4, -0.2) is 51.2 Å². The Morgan fingerprint density at radius 2 is 1.81 bits per heavy atom. The summed E-state index contributed by atoms with van der Waals surface area (Å²) in [4.78, 5) is 31.2. The van der Waals surface area contributed by atoms with Crippen molar-refractivity contribution >= 4 is 23.0 Å². The highest BCUT2D eigenvalue weighted by atomic mass is 16.6. The van der Waals surface area contributed by atoms with Crippen molar-refractivity contribution < 1.29 is 14.3 Å². The number of aromatic nitrogens is 2. The summed E-state index contributed by atoms with van der Waals surface area (Å²) in [6.45, 7) is 8.54. The molecule has 0 radical (unpaired) electrons. The second-order valence-electron chi connectivity index (χ2n) is 8.92. The van der Waals surface area contributed by atoms with Crippen molar-refractivity contribution in [3.63, 3.8) is 0 Å². The van der Waals surface area contributed by atoms with E-state index in [1.807, 2.05) is 76.2 Å². The molecule has 3 aromatic rings. The van der Waals surface area contributed by atoms with Crippen LogP contribution in [0.4, 0.5) is 4.79 Å². The number of imidazole rings is 1. The van der Waals surface area contributed by atoms with Crippen LogP contribution in [0.5, 0.6) is 0 Å². The Morgan fingerprint density at radius 1 is 1.10 bits per heavy atom. The average molecular weight is 421 g/mol. The summed E-state index contributed by atoms with van der Waals surface area (Å²) in [5.41, 5.74) is 2.99. The number of ether oxygens (including phenoxy) is 1. The van der Waals surface area contributed by atoms with Gasteiger partial charge in [0.15, 0.2) is 0 Å². The van der Waals surface area contributed by atoms with Crippen LogP contribution in [0.1, 0.15) is 43.4 Å². The van der Waals surface area contributed by atoms with E-state index in [1.165, 1.54) is 0 Å². The molecule has 2 aromatic carbocycles. The number of carbonyl (C=O) groups is 2. The van der Waals surface area contributed by atoms with E-state index in [2.05, 4.69) is 14.9 Å². The first-order chi connectivity index (χ1) is 14.7. The number of benzene rings is 2. The molecule has 31 heavy (non-hydrogen) atoms. The molecule has 0 unspecified atom stereocenters. The van der Waals surface area contributed by atoms with Crippen LogP contribution < -0.4 is 5.32 Å². The Bertz CT molecular complexity index is 1110. The Balaban J connectivity index is 1.41. The van der Waals surface area contributed by atoms with Gasteiger partial charge < -0.3 is 15.0 Å². The zero-order valence-corrected chi connectivity index (χ0v) is 18.4. The lowest BCUT2D eigenvalue weighted by Crippen LogP contribution is -2.40. The van der Waals surface area contributed by atoms with Crippen molar-refractivity contribution in [2.24, 2.45) is 0 Å². The van der Waals surface area contributed by atoms with Crippen LogP contribution >= 0.6 is 0 Å². The minimum atomic E-state index is -0.529. The Kier molecular flexibility index (Phi) is 5.43. The molecule has 1 aliphatic rings. The van der Waals surface area contributed by atoms with Gasteiger partial charge in [0.2, 0.25) is 0 Å². The van der Waals surface area contributed by atoms with Crippen LogP contribution in [0.2, 0.25) is 0 Å². The predicted octanol–water partition coefficient (Wildman–Crippen LogP) is 4.07. The van der Waals surface area contributed by atoms with Gasteiger partial charge in [-0.15, -0.1) is 0 Å². The van der Waals surface area contributed by atoms with Crippen molar-refractivity contribution in [3.05, 3.63) is 59.9 Å². The zero-order valence-electron chi connectivity index (χ0n) is 18.4. The number of aryl methyl sites for hydroxylation is 1. The fourth-order valence-corrected chi connectivity index (χ4v) is 3.87. The van der Waals surface area contributed by atoms with Crippen molar-refractivity contribution in [2.45, 2.75) is 45.8 Å². The molecule has 0 saturated carbocycles. The van der Waals surface area contributed by atoms with Crippen LogP contribution in [0.25, 0.3) is 16.7 Å². The summed E-state index contributed by atoms with van der Waals surface area (Å²) in [6.07, 6.45) is 0.375. The molecule has 4 rings (SSSR count). The van der Waals surface area contributed by atoms with Gasteiger partial charge in [-0.05, 0) is 70.5 Å². The molecule has 7 nitrogen and oxygen atoms in total. The summed E-state index contributed by atoms with van der Waals surface area (Å²) >= 11 is 0. The number of hydrogen-bond donors (Lipinski definition) is 1. The highest BCUT2D eigenvalue weighted by molar-refractivity contribution is 5.94. The lowest BCUT2D eigenvalue weighted by molar-refractivity contribution is 0.0290. The summed E-state index contributed by atoms with van der Waals surface area (Å²) < 4.78 is 7.49. The van der Waals surface area contributed by atoms with Gasteiger partial charge in [0.05, 0.1) is 11.0 Å². The molecule has 1 aromatic heterocycles. The third kappa shape index (κ3) is 4.55. The van der Waals surface area contributed by atoms with Gasteiger partial charge in [0.1, 0.15) is 11.4 Å². The molecule has 1 N–H and O–H groups in total. The standard InChI is InChI=1S/C24H28N4O3/c1-16-25-20-7-5-6-8-21(20)28(16)19-11-9-17(10-12-19)22(29)26-18-13-14-27(15-18)23(30)31-24(2,3)4/h5-12,18H,13-15H2,1-4H3,(H,26,29)/t18-/m0/s1. The minimum Gasteiger partial charge on any atom is -0.444 e. The molecule has 2 amide bonds. The normalized spacial score (nSPS) is 16.5.